The molecule has 2 amide bonds. The van der Waals surface area contributed by atoms with Crippen LogP contribution in [0.3, 0.4) is 0 Å². The maximum absolute atomic E-state index is 13.2. The molecule has 0 aliphatic rings. The van der Waals surface area contributed by atoms with Gasteiger partial charge in [0.2, 0.25) is 5.91 Å². The fourth-order valence-electron chi connectivity index (χ4n) is 3.21. The van der Waals surface area contributed by atoms with Crippen LogP contribution in [0.5, 0.6) is 0 Å². The minimum absolute atomic E-state index is 0.00544. The molecule has 0 saturated heterocycles. The predicted molar refractivity (Wildman–Crippen MR) is 116 cm³/mol. The third-order valence-corrected chi connectivity index (χ3v) is 4.68. The molecule has 0 radical (unpaired) electrons. The molecule has 2 aromatic carbocycles. The highest BCUT2D eigenvalue weighted by Gasteiger charge is 2.23. The molecule has 0 saturated carbocycles. The first-order valence-electron chi connectivity index (χ1n) is 10.0. The number of amides is 2. The molecule has 6 nitrogen and oxygen atoms in total. The van der Waals surface area contributed by atoms with Gasteiger partial charge < -0.3 is 14.7 Å². The van der Waals surface area contributed by atoms with E-state index in [0.29, 0.717) is 12.3 Å². The summed E-state index contributed by atoms with van der Waals surface area (Å²) in [4.78, 5) is 27.0. The highest BCUT2D eigenvalue weighted by atomic mass is 16.5. The van der Waals surface area contributed by atoms with Crippen molar-refractivity contribution in [1.29, 1.82) is 0 Å². The average Bonchev–Trinajstić information content (AvgIpc) is 3.19. The van der Waals surface area contributed by atoms with Crippen LogP contribution in [0.15, 0.2) is 59.1 Å². The third-order valence-electron chi connectivity index (χ3n) is 4.68. The molecular weight excluding hydrogens is 378 g/mol. The van der Waals surface area contributed by atoms with Gasteiger partial charge >= 0.3 is 0 Å². The van der Waals surface area contributed by atoms with E-state index in [1.807, 2.05) is 76.2 Å². The van der Waals surface area contributed by atoms with Crippen LogP contribution < -0.4 is 5.32 Å². The molecule has 0 aliphatic heterocycles. The van der Waals surface area contributed by atoms with Crippen LogP contribution in [0.1, 0.15) is 41.0 Å². The summed E-state index contributed by atoms with van der Waals surface area (Å²) in [5.74, 6) is -0.0311. The van der Waals surface area contributed by atoms with Crippen LogP contribution in [0.25, 0.3) is 11.3 Å². The number of aromatic nitrogens is 1. The zero-order chi connectivity index (χ0) is 21.7. The van der Waals surface area contributed by atoms with Crippen molar-refractivity contribution in [3.05, 3.63) is 77.0 Å². The van der Waals surface area contributed by atoms with E-state index in [0.717, 1.165) is 22.3 Å². The Bertz CT molecular complexity index is 1030. The molecule has 3 rings (SSSR count). The van der Waals surface area contributed by atoms with Gasteiger partial charge in [-0.15, -0.1) is 0 Å². The van der Waals surface area contributed by atoms with Crippen molar-refractivity contribution in [1.82, 2.24) is 15.4 Å². The Morgan fingerprint density at radius 2 is 1.80 bits per heavy atom. The molecule has 0 unspecified atom stereocenters. The third kappa shape index (κ3) is 5.35. The molecule has 0 atom stereocenters. The van der Waals surface area contributed by atoms with Crippen LogP contribution in [0.2, 0.25) is 0 Å². The first kappa shape index (κ1) is 21.3. The summed E-state index contributed by atoms with van der Waals surface area (Å²) in [5.41, 5.74) is 4.14. The minimum Gasteiger partial charge on any atom is -0.355 e. The van der Waals surface area contributed by atoms with E-state index < -0.39 is 0 Å². The number of rotatable bonds is 7. The molecule has 1 heterocycles. The number of hydrogen-bond donors (Lipinski definition) is 1. The van der Waals surface area contributed by atoms with Gasteiger partial charge in [-0.3, -0.25) is 9.59 Å². The van der Waals surface area contributed by atoms with E-state index in [4.69, 9.17) is 4.52 Å². The zero-order valence-electron chi connectivity index (χ0n) is 17.8. The second-order valence-electron chi connectivity index (χ2n) is 7.76. The van der Waals surface area contributed by atoms with E-state index in [9.17, 15) is 9.59 Å². The molecule has 0 aliphatic carbocycles. The summed E-state index contributed by atoms with van der Waals surface area (Å²) in [6.45, 7) is 8.00. The quantitative estimate of drug-likeness (QED) is 0.641. The molecule has 6 heteroatoms. The van der Waals surface area contributed by atoms with Gasteiger partial charge in [0.05, 0.1) is 0 Å². The largest absolute Gasteiger partial charge is 0.355 e. The number of hydrogen-bond acceptors (Lipinski definition) is 4. The lowest BCUT2D eigenvalue weighted by Crippen LogP contribution is -2.42. The average molecular weight is 405 g/mol. The summed E-state index contributed by atoms with van der Waals surface area (Å²) in [6.07, 6.45) is 0. The topological polar surface area (TPSA) is 75.4 Å². The Morgan fingerprint density at radius 1 is 1.07 bits per heavy atom. The lowest BCUT2D eigenvalue weighted by Gasteiger charge is -2.22. The lowest BCUT2D eigenvalue weighted by molar-refractivity contribution is -0.122. The summed E-state index contributed by atoms with van der Waals surface area (Å²) >= 11 is 0. The van der Waals surface area contributed by atoms with Gasteiger partial charge in [-0.05, 0) is 44.9 Å². The Hall–Kier alpha value is -3.41. The highest BCUT2D eigenvalue weighted by Crippen LogP contribution is 2.26. The number of aryl methyl sites for hydroxylation is 2. The normalized spacial score (nSPS) is 10.8. The fourth-order valence-corrected chi connectivity index (χ4v) is 3.21. The number of nitrogens with one attached hydrogen (secondary N) is 1. The predicted octanol–water partition coefficient (Wildman–Crippen LogP) is 4.13. The summed E-state index contributed by atoms with van der Waals surface area (Å²) in [7, 11) is 0. The van der Waals surface area contributed by atoms with Crippen molar-refractivity contribution in [2.24, 2.45) is 0 Å². The van der Waals surface area contributed by atoms with E-state index in [1.165, 1.54) is 4.90 Å². The van der Waals surface area contributed by atoms with E-state index in [2.05, 4.69) is 10.5 Å². The number of benzene rings is 2. The molecule has 156 valence electrons. The van der Waals surface area contributed by atoms with E-state index in [-0.39, 0.29) is 30.1 Å². The number of carbonyl (C=O) groups is 2. The van der Waals surface area contributed by atoms with Crippen LogP contribution in [-0.4, -0.2) is 34.5 Å². The molecule has 30 heavy (non-hydrogen) atoms. The maximum atomic E-state index is 13.2. The van der Waals surface area contributed by atoms with Gasteiger partial charge in [0.1, 0.15) is 6.54 Å². The van der Waals surface area contributed by atoms with Crippen molar-refractivity contribution in [3.8, 4) is 11.3 Å². The molecule has 0 fully saturated rings. The van der Waals surface area contributed by atoms with Crippen LogP contribution in [0.4, 0.5) is 0 Å². The molecule has 1 aromatic heterocycles. The van der Waals surface area contributed by atoms with Crippen LogP contribution in [-0.2, 0) is 11.3 Å². The second-order valence-corrected chi connectivity index (χ2v) is 7.76. The Balaban J connectivity index is 1.86. The van der Waals surface area contributed by atoms with Gasteiger partial charge in [0, 0.05) is 24.2 Å². The smallest absolute Gasteiger partial charge is 0.276 e. The summed E-state index contributed by atoms with van der Waals surface area (Å²) in [5, 5.41) is 6.83. The van der Waals surface area contributed by atoms with Gasteiger partial charge in [-0.25, -0.2) is 0 Å². The fraction of sp³-hybridized carbons (Fsp3) is 0.292. The second kappa shape index (κ2) is 9.39. The Kier molecular flexibility index (Phi) is 6.67. The zero-order valence-corrected chi connectivity index (χ0v) is 17.8. The van der Waals surface area contributed by atoms with E-state index in [1.54, 1.807) is 6.07 Å². The van der Waals surface area contributed by atoms with Gasteiger partial charge in [0.25, 0.3) is 5.91 Å². The molecule has 0 bridgehead atoms. The van der Waals surface area contributed by atoms with Gasteiger partial charge in [-0.1, -0.05) is 53.2 Å². The summed E-state index contributed by atoms with van der Waals surface area (Å²) in [6, 6.07) is 17.2. The van der Waals surface area contributed by atoms with Gasteiger partial charge in [0.15, 0.2) is 11.5 Å². The van der Waals surface area contributed by atoms with Crippen molar-refractivity contribution in [2.45, 2.75) is 40.3 Å². The standard InChI is InChI=1S/C24H27N3O3/c1-16(2)25-23(28)15-27(14-19-8-6-5-7-9-19)24(29)21-13-22(30-26-21)20-12-17(3)10-11-18(20)4/h5-13,16H,14-15H2,1-4H3,(H,25,28). The summed E-state index contributed by atoms with van der Waals surface area (Å²) < 4.78 is 5.48. The number of carbonyl (C=O) groups excluding carboxylic acids is 2. The number of nitrogens with zero attached hydrogens (tertiary/aromatic N) is 2. The highest BCUT2D eigenvalue weighted by molar-refractivity contribution is 5.95. The van der Waals surface area contributed by atoms with Crippen LogP contribution >= 0.6 is 0 Å². The molecule has 0 spiro atoms. The molecule has 1 N–H and O–H groups in total. The first-order chi connectivity index (χ1) is 14.3. The Labute approximate surface area is 176 Å². The SMILES string of the molecule is Cc1ccc(C)c(-c2cc(C(=O)N(CC(=O)NC(C)C)Cc3ccccc3)no2)c1. The minimum atomic E-state index is -0.349. The van der Waals surface area contributed by atoms with Crippen molar-refractivity contribution in [3.63, 3.8) is 0 Å². The molecule has 3 aromatic rings. The monoisotopic (exact) mass is 405 g/mol. The van der Waals surface area contributed by atoms with Crippen LogP contribution in [0, 0.1) is 13.8 Å². The first-order valence-corrected chi connectivity index (χ1v) is 10.0. The lowest BCUT2D eigenvalue weighted by atomic mass is 10.0. The van der Waals surface area contributed by atoms with Gasteiger partial charge in [-0.2, -0.15) is 0 Å². The maximum Gasteiger partial charge on any atom is 0.276 e. The van der Waals surface area contributed by atoms with Crippen molar-refractivity contribution in [2.75, 3.05) is 6.54 Å². The van der Waals surface area contributed by atoms with Crippen molar-refractivity contribution < 1.29 is 14.1 Å². The molecular formula is C24H27N3O3. The van der Waals surface area contributed by atoms with E-state index >= 15 is 0 Å². The Morgan fingerprint density at radius 3 is 2.50 bits per heavy atom. The van der Waals surface area contributed by atoms with Crippen molar-refractivity contribution >= 4 is 11.8 Å².